The highest BCUT2D eigenvalue weighted by Crippen LogP contribution is 2.24. The standard InChI is InChI=1S/C12H17N3O5/c16-9-5-15(6-10(17)14-9)12(20)13-8-3-1-7(2-4-8)11(18)19/h7-8H,1-6H2,(H,13,20)(H,18,19)(H,14,16,17). The number of hydrogen-bond acceptors (Lipinski definition) is 4. The summed E-state index contributed by atoms with van der Waals surface area (Å²) in [5.41, 5.74) is 0. The second kappa shape index (κ2) is 5.89. The topological polar surface area (TPSA) is 116 Å². The molecule has 8 heteroatoms. The lowest BCUT2D eigenvalue weighted by molar-refractivity contribution is -0.143. The molecule has 0 aromatic carbocycles. The Morgan fingerprint density at radius 2 is 1.65 bits per heavy atom. The number of hydrogen-bond donors (Lipinski definition) is 3. The van der Waals surface area contributed by atoms with Gasteiger partial charge in [0.2, 0.25) is 11.8 Å². The number of carbonyl (C=O) groups excluding carboxylic acids is 3. The van der Waals surface area contributed by atoms with E-state index in [0.29, 0.717) is 25.7 Å². The predicted molar refractivity (Wildman–Crippen MR) is 66.6 cm³/mol. The number of carbonyl (C=O) groups is 4. The first-order valence-corrected chi connectivity index (χ1v) is 6.56. The molecule has 20 heavy (non-hydrogen) atoms. The molecule has 0 aromatic rings. The summed E-state index contributed by atoms with van der Waals surface area (Å²) in [7, 11) is 0. The molecular weight excluding hydrogens is 266 g/mol. The summed E-state index contributed by atoms with van der Waals surface area (Å²) in [6.07, 6.45) is 2.24. The molecule has 1 heterocycles. The van der Waals surface area contributed by atoms with E-state index in [4.69, 9.17) is 5.11 Å². The monoisotopic (exact) mass is 283 g/mol. The Morgan fingerprint density at radius 3 is 2.15 bits per heavy atom. The molecule has 2 rings (SSSR count). The number of nitrogens with zero attached hydrogens (tertiary/aromatic N) is 1. The summed E-state index contributed by atoms with van der Waals surface area (Å²) < 4.78 is 0. The molecule has 0 unspecified atom stereocenters. The Bertz CT molecular complexity index is 426. The van der Waals surface area contributed by atoms with Gasteiger partial charge in [0, 0.05) is 6.04 Å². The Balaban J connectivity index is 1.82. The van der Waals surface area contributed by atoms with E-state index in [0.717, 1.165) is 4.90 Å². The van der Waals surface area contributed by atoms with Crippen molar-refractivity contribution >= 4 is 23.8 Å². The van der Waals surface area contributed by atoms with Gasteiger partial charge in [-0.3, -0.25) is 19.7 Å². The summed E-state index contributed by atoms with van der Waals surface area (Å²) in [6, 6.07) is -0.551. The van der Waals surface area contributed by atoms with Crippen molar-refractivity contribution in [1.29, 1.82) is 0 Å². The number of nitrogens with one attached hydrogen (secondary N) is 2. The first-order valence-electron chi connectivity index (χ1n) is 6.56. The summed E-state index contributed by atoms with van der Waals surface area (Å²) >= 11 is 0. The van der Waals surface area contributed by atoms with Gasteiger partial charge in [-0.1, -0.05) is 0 Å². The number of piperazine rings is 1. The van der Waals surface area contributed by atoms with E-state index in [-0.39, 0.29) is 25.0 Å². The lowest BCUT2D eigenvalue weighted by Crippen LogP contribution is -2.57. The zero-order chi connectivity index (χ0) is 14.7. The van der Waals surface area contributed by atoms with Crippen molar-refractivity contribution in [2.45, 2.75) is 31.7 Å². The largest absolute Gasteiger partial charge is 0.481 e. The Labute approximate surface area is 115 Å². The van der Waals surface area contributed by atoms with Crippen molar-refractivity contribution < 1.29 is 24.3 Å². The van der Waals surface area contributed by atoms with E-state index in [1.165, 1.54) is 0 Å². The first kappa shape index (κ1) is 14.3. The molecule has 0 bridgehead atoms. The third-order valence-electron chi connectivity index (χ3n) is 3.64. The zero-order valence-electron chi connectivity index (χ0n) is 10.9. The number of aliphatic carboxylic acids is 1. The molecule has 3 N–H and O–H groups in total. The number of rotatable bonds is 2. The molecule has 1 saturated carbocycles. The molecule has 4 amide bonds. The highest BCUT2D eigenvalue weighted by molar-refractivity contribution is 6.02. The Hall–Kier alpha value is -2.12. The van der Waals surface area contributed by atoms with Crippen LogP contribution in [0.15, 0.2) is 0 Å². The SMILES string of the molecule is O=C1CN(C(=O)NC2CCC(C(=O)O)CC2)CC(=O)N1. The molecule has 2 fully saturated rings. The average Bonchev–Trinajstić information content (AvgIpc) is 2.38. The van der Waals surface area contributed by atoms with Gasteiger partial charge in [0.1, 0.15) is 13.1 Å². The number of carboxylic acids is 1. The van der Waals surface area contributed by atoms with Crippen LogP contribution >= 0.6 is 0 Å². The fraction of sp³-hybridized carbons (Fsp3) is 0.667. The summed E-state index contributed by atoms with van der Waals surface area (Å²) in [5.74, 6) is -2.13. The lowest BCUT2D eigenvalue weighted by atomic mass is 9.86. The minimum Gasteiger partial charge on any atom is -0.481 e. The maximum Gasteiger partial charge on any atom is 0.318 e. The van der Waals surface area contributed by atoms with E-state index in [1.54, 1.807) is 0 Å². The summed E-state index contributed by atoms with van der Waals surface area (Å²) in [5, 5.41) is 13.8. The maximum absolute atomic E-state index is 11.9. The highest BCUT2D eigenvalue weighted by Gasteiger charge is 2.30. The van der Waals surface area contributed by atoms with Crippen LogP contribution in [-0.2, 0) is 14.4 Å². The van der Waals surface area contributed by atoms with Gasteiger partial charge in [-0.2, -0.15) is 0 Å². The van der Waals surface area contributed by atoms with E-state index in [2.05, 4.69) is 10.6 Å². The molecule has 1 aliphatic heterocycles. The van der Waals surface area contributed by atoms with E-state index in [1.807, 2.05) is 0 Å². The molecule has 110 valence electrons. The quantitative estimate of drug-likeness (QED) is 0.579. The van der Waals surface area contributed by atoms with Crippen LogP contribution in [0.3, 0.4) is 0 Å². The van der Waals surface area contributed by atoms with Gasteiger partial charge < -0.3 is 15.3 Å². The number of imide groups is 1. The third kappa shape index (κ3) is 3.46. The minimum absolute atomic E-state index is 0.0989. The van der Waals surface area contributed by atoms with Crippen molar-refractivity contribution in [2.75, 3.05) is 13.1 Å². The lowest BCUT2D eigenvalue weighted by Gasteiger charge is -2.31. The molecule has 1 aliphatic carbocycles. The van der Waals surface area contributed by atoms with Crippen molar-refractivity contribution in [1.82, 2.24) is 15.5 Å². The summed E-state index contributed by atoms with van der Waals surface area (Å²) in [6.45, 7) is -0.274. The number of carboxylic acid groups (broad SMARTS) is 1. The van der Waals surface area contributed by atoms with Crippen LogP contribution in [0.25, 0.3) is 0 Å². The molecule has 0 spiro atoms. The number of urea groups is 1. The van der Waals surface area contributed by atoms with Gasteiger partial charge in [0.05, 0.1) is 5.92 Å². The molecule has 1 saturated heterocycles. The van der Waals surface area contributed by atoms with Gasteiger partial charge >= 0.3 is 12.0 Å². The second-order valence-corrected chi connectivity index (χ2v) is 5.16. The van der Waals surface area contributed by atoms with Crippen LogP contribution in [-0.4, -0.2) is 53.0 Å². The van der Waals surface area contributed by atoms with Gasteiger partial charge in [-0.05, 0) is 25.7 Å². The minimum atomic E-state index is -0.798. The molecule has 8 nitrogen and oxygen atoms in total. The van der Waals surface area contributed by atoms with E-state index in [9.17, 15) is 19.2 Å². The molecular formula is C12H17N3O5. The van der Waals surface area contributed by atoms with Crippen molar-refractivity contribution in [3.63, 3.8) is 0 Å². The van der Waals surface area contributed by atoms with Crippen LogP contribution in [0.2, 0.25) is 0 Å². The molecule has 0 atom stereocenters. The van der Waals surface area contributed by atoms with Crippen molar-refractivity contribution in [3.05, 3.63) is 0 Å². The first-order chi connectivity index (χ1) is 9.45. The third-order valence-corrected chi connectivity index (χ3v) is 3.64. The Morgan fingerprint density at radius 1 is 1.10 bits per heavy atom. The van der Waals surface area contributed by atoms with Crippen LogP contribution in [0.4, 0.5) is 4.79 Å². The molecule has 2 aliphatic rings. The van der Waals surface area contributed by atoms with Crippen LogP contribution < -0.4 is 10.6 Å². The smallest absolute Gasteiger partial charge is 0.318 e. The average molecular weight is 283 g/mol. The van der Waals surface area contributed by atoms with Crippen molar-refractivity contribution in [2.24, 2.45) is 5.92 Å². The van der Waals surface area contributed by atoms with Crippen LogP contribution in [0.1, 0.15) is 25.7 Å². The van der Waals surface area contributed by atoms with Gasteiger partial charge in [0.15, 0.2) is 0 Å². The molecule has 0 radical (unpaired) electrons. The second-order valence-electron chi connectivity index (χ2n) is 5.16. The molecule has 0 aromatic heterocycles. The fourth-order valence-electron chi connectivity index (χ4n) is 2.53. The van der Waals surface area contributed by atoms with Gasteiger partial charge in [-0.15, -0.1) is 0 Å². The van der Waals surface area contributed by atoms with E-state index < -0.39 is 23.8 Å². The number of amides is 4. The van der Waals surface area contributed by atoms with Crippen LogP contribution in [0, 0.1) is 5.92 Å². The van der Waals surface area contributed by atoms with Crippen molar-refractivity contribution in [3.8, 4) is 0 Å². The Kier molecular flexibility index (Phi) is 4.21. The summed E-state index contributed by atoms with van der Waals surface area (Å²) in [4.78, 5) is 46.3. The van der Waals surface area contributed by atoms with E-state index >= 15 is 0 Å². The maximum atomic E-state index is 11.9. The normalized spacial score (nSPS) is 26.9. The fourth-order valence-corrected chi connectivity index (χ4v) is 2.53. The van der Waals surface area contributed by atoms with Crippen LogP contribution in [0.5, 0.6) is 0 Å². The predicted octanol–water partition coefficient (Wildman–Crippen LogP) is -0.702. The zero-order valence-corrected chi connectivity index (χ0v) is 10.9. The van der Waals surface area contributed by atoms with Gasteiger partial charge in [0.25, 0.3) is 0 Å². The van der Waals surface area contributed by atoms with Gasteiger partial charge in [-0.25, -0.2) is 4.79 Å². The highest BCUT2D eigenvalue weighted by atomic mass is 16.4.